The first-order valence-electron chi connectivity index (χ1n) is 10.5. The Morgan fingerprint density at radius 1 is 1.00 bits per heavy atom. The van der Waals surface area contributed by atoms with Crippen molar-refractivity contribution >= 4 is 34.9 Å². The summed E-state index contributed by atoms with van der Waals surface area (Å²) >= 11 is 0. The van der Waals surface area contributed by atoms with Gasteiger partial charge in [0, 0.05) is 41.7 Å². The maximum absolute atomic E-state index is 13.7. The summed E-state index contributed by atoms with van der Waals surface area (Å²) in [5.41, 5.74) is 5.44. The minimum absolute atomic E-state index is 0. The number of hydrogen-bond acceptors (Lipinski definition) is 3. The van der Waals surface area contributed by atoms with Crippen LogP contribution in [0.5, 0.6) is 5.75 Å². The summed E-state index contributed by atoms with van der Waals surface area (Å²) in [5, 5.41) is 4.84. The summed E-state index contributed by atoms with van der Waals surface area (Å²) < 4.78 is 5.35. The number of H-pyrrole nitrogens is 1. The van der Waals surface area contributed by atoms with Crippen molar-refractivity contribution in [2.24, 2.45) is 0 Å². The summed E-state index contributed by atoms with van der Waals surface area (Å²) in [6, 6.07) is 24.6. The smallest absolute Gasteiger partial charge is 0.257 e. The summed E-state index contributed by atoms with van der Waals surface area (Å²) in [7, 11) is 3.54. The fourth-order valence-corrected chi connectivity index (χ4v) is 5.36. The van der Waals surface area contributed by atoms with Crippen molar-refractivity contribution < 1.29 is 9.53 Å². The standard InChI is InChI=1S/C26H23N3O2.ClH/c1-29-22-10-6-4-8-20(22)26(25(29)30)24-23(18-7-3-5-9-21(18)28-24)19(15-27-26)16-11-13-17(31-2)14-12-16;/h3-14,19,27-28H,15H2,1-2H3;1H. The van der Waals surface area contributed by atoms with Crippen molar-refractivity contribution in [2.45, 2.75) is 11.5 Å². The Morgan fingerprint density at radius 2 is 1.72 bits per heavy atom. The third-order valence-corrected chi connectivity index (χ3v) is 6.85. The molecule has 3 heterocycles. The van der Waals surface area contributed by atoms with Crippen molar-refractivity contribution in [1.82, 2.24) is 10.3 Å². The number of anilines is 1. The van der Waals surface area contributed by atoms with E-state index in [9.17, 15) is 4.79 Å². The molecular formula is C26H24ClN3O2. The Hall–Kier alpha value is -3.28. The zero-order valence-electron chi connectivity index (χ0n) is 17.9. The molecule has 2 unspecified atom stereocenters. The zero-order chi connectivity index (χ0) is 21.2. The number of amides is 1. The average Bonchev–Trinajstić information content (AvgIpc) is 3.31. The highest BCUT2D eigenvalue weighted by molar-refractivity contribution is 6.11. The predicted molar refractivity (Wildman–Crippen MR) is 129 cm³/mol. The van der Waals surface area contributed by atoms with Crippen molar-refractivity contribution in [2.75, 3.05) is 25.6 Å². The maximum Gasteiger partial charge on any atom is 0.257 e. The molecule has 3 aromatic carbocycles. The molecule has 1 spiro atoms. The molecule has 32 heavy (non-hydrogen) atoms. The summed E-state index contributed by atoms with van der Waals surface area (Å²) in [5.74, 6) is 1.01. The Bertz CT molecular complexity index is 1330. The van der Waals surface area contributed by atoms with Gasteiger partial charge in [0.05, 0.1) is 12.8 Å². The van der Waals surface area contributed by atoms with E-state index in [1.807, 2.05) is 43.4 Å². The molecule has 2 atom stereocenters. The van der Waals surface area contributed by atoms with Crippen molar-refractivity contribution in [3.63, 3.8) is 0 Å². The number of ether oxygens (including phenoxy) is 1. The molecule has 6 heteroatoms. The first-order valence-corrected chi connectivity index (χ1v) is 10.5. The van der Waals surface area contributed by atoms with Gasteiger partial charge >= 0.3 is 0 Å². The molecule has 4 aromatic rings. The largest absolute Gasteiger partial charge is 0.497 e. The number of carbonyl (C=O) groups excluding carboxylic acids is 1. The zero-order valence-corrected chi connectivity index (χ0v) is 18.7. The van der Waals surface area contributed by atoms with E-state index in [1.165, 1.54) is 16.5 Å². The monoisotopic (exact) mass is 445 g/mol. The number of rotatable bonds is 2. The third kappa shape index (κ3) is 2.58. The van der Waals surface area contributed by atoms with Gasteiger partial charge in [0.2, 0.25) is 0 Å². The third-order valence-electron chi connectivity index (χ3n) is 6.85. The van der Waals surface area contributed by atoms with E-state index in [2.05, 4.69) is 46.7 Å². The molecule has 0 saturated heterocycles. The van der Waals surface area contributed by atoms with E-state index in [0.29, 0.717) is 6.54 Å². The van der Waals surface area contributed by atoms with E-state index in [-0.39, 0.29) is 24.2 Å². The van der Waals surface area contributed by atoms with E-state index in [4.69, 9.17) is 4.74 Å². The van der Waals surface area contributed by atoms with Gasteiger partial charge in [-0.1, -0.05) is 48.5 Å². The molecule has 6 rings (SSSR count). The second-order valence-corrected chi connectivity index (χ2v) is 8.30. The highest BCUT2D eigenvalue weighted by Crippen LogP contribution is 2.50. The normalized spacial score (nSPS) is 21.4. The van der Waals surface area contributed by atoms with E-state index >= 15 is 0 Å². The minimum Gasteiger partial charge on any atom is -0.497 e. The number of aromatic amines is 1. The topological polar surface area (TPSA) is 57.4 Å². The molecule has 0 fully saturated rings. The van der Waals surface area contributed by atoms with Crippen molar-refractivity contribution in [3.8, 4) is 5.75 Å². The lowest BCUT2D eigenvalue weighted by Gasteiger charge is -2.38. The second-order valence-electron chi connectivity index (χ2n) is 8.30. The van der Waals surface area contributed by atoms with Crippen LogP contribution in [0.4, 0.5) is 5.69 Å². The molecule has 0 aliphatic carbocycles. The lowest BCUT2D eigenvalue weighted by molar-refractivity contribution is -0.122. The molecule has 0 saturated carbocycles. The SMILES string of the molecule is COc1ccc(C2CNC3(C(=O)N(C)c4ccccc43)c3[nH]c4ccccc4c32)cc1.Cl. The highest BCUT2D eigenvalue weighted by atomic mass is 35.5. The van der Waals surface area contributed by atoms with Gasteiger partial charge in [-0.25, -0.2) is 0 Å². The number of hydrogen-bond donors (Lipinski definition) is 2. The number of methoxy groups -OCH3 is 1. The number of para-hydroxylation sites is 2. The van der Waals surface area contributed by atoms with Gasteiger partial charge in [0.1, 0.15) is 5.75 Å². The minimum atomic E-state index is -0.900. The number of nitrogens with zero attached hydrogens (tertiary/aromatic N) is 1. The van der Waals surface area contributed by atoms with Gasteiger partial charge in [0.25, 0.3) is 5.91 Å². The van der Waals surface area contributed by atoms with Crippen LogP contribution in [-0.2, 0) is 10.3 Å². The number of carbonyl (C=O) groups is 1. The lowest BCUT2D eigenvalue weighted by atomic mass is 9.76. The quantitative estimate of drug-likeness (QED) is 0.475. The van der Waals surface area contributed by atoms with Crippen LogP contribution in [0, 0.1) is 0 Å². The average molecular weight is 446 g/mol. The van der Waals surface area contributed by atoms with Gasteiger partial charge in [-0.05, 0) is 35.4 Å². The number of halogens is 1. The number of fused-ring (bicyclic) bond motifs is 6. The Labute approximate surface area is 192 Å². The number of aromatic nitrogens is 1. The Balaban J connectivity index is 0.00000216. The van der Waals surface area contributed by atoms with Crippen LogP contribution in [0.3, 0.4) is 0 Å². The lowest BCUT2D eigenvalue weighted by Crippen LogP contribution is -2.55. The van der Waals surface area contributed by atoms with E-state index in [1.54, 1.807) is 12.0 Å². The Kier molecular flexibility index (Phi) is 4.77. The molecule has 162 valence electrons. The first kappa shape index (κ1) is 20.6. The molecule has 0 bridgehead atoms. The Morgan fingerprint density at radius 3 is 2.50 bits per heavy atom. The van der Waals surface area contributed by atoms with Gasteiger partial charge in [-0.3, -0.25) is 10.1 Å². The molecule has 2 aliphatic heterocycles. The molecule has 1 amide bonds. The van der Waals surface area contributed by atoms with E-state index in [0.717, 1.165) is 28.2 Å². The maximum atomic E-state index is 13.7. The van der Waals surface area contributed by atoms with Crippen LogP contribution in [0.2, 0.25) is 0 Å². The summed E-state index contributed by atoms with van der Waals surface area (Å²) in [6.45, 7) is 0.662. The van der Waals surface area contributed by atoms with E-state index < -0.39 is 5.54 Å². The van der Waals surface area contributed by atoms with Crippen molar-refractivity contribution in [1.29, 1.82) is 0 Å². The van der Waals surface area contributed by atoms with Crippen LogP contribution >= 0.6 is 12.4 Å². The predicted octanol–water partition coefficient (Wildman–Crippen LogP) is 4.55. The van der Waals surface area contributed by atoms with Crippen LogP contribution in [0.25, 0.3) is 10.9 Å². The molecule has 5 nitrogen and oxygen atoms in total. The number of likely N-dealkylation sites (N-methyl/N-ethyl adjacent to an activating group) is 1. The molecular weight excluding hydrogens is 422 g/mol. The number of benzene rings is 3. The summed E-state index contributed by atoms with van der Waals surface area (Å²) in [6.07, 6.45) is 0. The molecule has 0 radical (unpaired) electrons. The van der Waals surface area contributed by atoms with Crippen LogP contribution < -0.4 is 15.0 Å². The highest BCUT2D eigenvalue weighted by Gasteiger charge is 2.55. The fraction of sp³-hybridized carbons (Fsp3) is 0.192. The van der Waals surface area contributed by atoms with Gasteiger partial charge in [-0.15, -0.1) is 12.4 Å². The molecule has 2 aliphatic rings. The second kappa shape index (κ2) is 7.40. The van der Waals surface area contributed by atoms with Gasteiger partial charge in [0.15, 0.2) is 5.54 Å². The van der Waals surface area contributed by atoms with Gasteiger partial charge in [-0.2, -0.15) is 0 Å². The van der Waals surface area contributed by atoms with Crippen LogP contribution in [0.15, 0.2) is 72.8 Å². The van der Waals surface area contributed by atoms with Crippen molar-refractivity contribution in [3.05, 3.63) is 95.2 Å². The molecule has 2 N–H and O–H groups in total. The number of nitrogens with one attached hydrogen (secondary N) is 2. The first-order chi connectivity index (χ1) is 15.1. The van der Waals surface area contributed by atoms with Crippen LogP contribution in [0.1, 0.15) is 28.3 Å². The fourth-order valence-electron chi connectivity index (χ4n) is 5.36. The summed E-state index contributed by atoms with van der Waals surface area (Å²) in [4.78, 5) is 19.1. The van der Waals surface area contributed by atoms with Gasteiger partial charge < -0.3 is 14.6 Å². The molecule has 1 aromatic heterocycles. The van der Waals surface area contributed by atoms with Crippen LogP contribution in [-0.4, -0.2) is 31.6 Å².